The van der Waals surface area contributed by atoms with Gasteiger partial charge in [-0.05, 0) is 24.3 Å². The van der Waals surface area contributed by atoms with Crippen LogP contribution in [0.5, 0.6) is 5.75 Å². The number of rotatable bonds is 6. The Kier molecular flexibility index (Phi) is 5.20. The van der Waals surface area contributed by atoms with Crippen LogP contribution in [0.25, 0.3) is 10.9 Å². The largest absolute Gasteiger partial charge is 0.490 e. The van der Waals surface area contributed by atoms with Gasteiger partial charge in [-0.15, -0.1) is 0 Å². The second-order valence-corrected chi connectivity index (χ2v) is 7.88. The number of carbonyl (C=O) groups excluding carboxylic acids is 1. The van der Waals surface area contributed by atoms with E-state index in [2.05, 4.69) is 0 Å². The third kappa shape index (κ3) is 4.17. The van der Waals surface area contributed by atoms with Gasteiger partial charge in [0.05, 0.1) is 17.8 Å². The highest BCUT2D eigenvalue weighted by atomic mass is 35.5. The van der Waals surface area contributed by atoms with E-state index in [1.165, 1.54) is 0 Å². The molecule has 0 atom stereocenters. The summed E-state index contributed by atoms with van der Waals surface area (Å²) in [5.74, 6) is -0.130. The number of halogens is 1. The summed E-state index contributed by atoms with van der Waals surface area (Å²) in [6, 6.07) is 16.2. The predicted molar refractivity (Wildman–Crippen MR) is 101 cm³/mol. The first-order valence-electron chi connectivity index (χ1n) is 7.83. The molecule has 0 aliphatic carbocycles. The number of aromatic nitrogens is 1. The van der Waals surface area contributed by atoms with Crippen molar-refractivity contribution in [2.75, 3.05) is 12.9 Å². The van der Waals surface area contributed by atoms with Crippen molar-refractivity contribution in [3.05, 3.63) is 65.3 Å². The van der Waals surface area contributed by atoms with E-state index in [-0.39, 0.29) is 12.3 Å². The van der Waals surface area contributed by atoms with Gasteiger partial charge < -0.3 is 9.30 Å². The summed E-state index contributed by atoms with van der Waals surface area (Å²) < 4.78 is 32.2. The molecule has 0 saturated carbocycles. The number of sulfonamides is 1. The Morgan fingerprint density at radius 1 is 1.15 bits per heavy atom. The van der Waals surface area contributed by atoms with Crippen LogP contribution < -0.4 is 9.46 Å². The SMILES string of the molecule is CS(=O)(=O)NC(=O)c1cc2ccccc2n1CCOc1ccccc1Cl. The Labute approximate surface area is 156 Å². The molecule has 1 amide bonds. The molecule has 0 saturated heterocycles. The first-order valence-corrected chi connectivity index (χ1v) is 10.1. The Bertz CT molecular complexity index is 1060. The molecule has 0 bridgehead atoms. The standard InChI is InChI=1S/C18H17ClN2O4S/c1-26(23,24)20-18(22)16-12-13-6-2-4-8-15(13)21(16)10-11-25-17-9-5-3-7-14(17)19/h2-9,12H,10-11H2,1H3,(H,20,22). The van der Waals surface area contributed by atoms with Crippen molar-refractivity contribution in [1.82, 2.24) is 9.29 Å². The van der Waals surface area contributed by atoms with Crippen LogP contribution in [0, 0.1) is 0 Å². The Morgan fingerprint density at radius 3 is 2.58 bits per heavy atom. The van der Waals surface area contributed by atoms with Gasteiger partial charge in [-0.25, -0.2) is 13.1 Å². The van der Waals surface area contributed by atoms with Crippen molar-refractivity contribution in [1.29, 1.82) is 0 Å². The van der Waals surface area contributed by atoms with Crippen LogP contribution in [-0.4, -0.2) is 31.8 Å². The van der Waals surface area contributed by atoms with Crippen molar-refractivity contribution in [2.24, 2.45) is 0 Å². The number of nitrogens with one attached hydrogen (secondary N) is 1. The van der Waals surface area contributed by atoms with E-state index in [4.69, 9.17) is 16.3 Å². The van der Waals surface area contributed by atoms with E-state index in [1.54, 1.807) is 22.8 Å². The normalized spacial score (nSPS) is 11.5. The molecule has 3 rings (SSSR count). The quantitative estimate of drug-likeness (QED) is 0.699. The topological polar surface area (TPSA) is 77.4 Å². The lowest BCUT2D eigenvalue weighted by Gasteiger charge is -2.12. The average Bonchev–Trinajstić information content (AvgIpc) is 2.94. The van der Waals surface area contributed by atoms with Crippen LogP contribution in [0.1, 0.15) is 10.5 Å². The number of amides is 1. The van der Waals surface area contributed by atoms with Crippen molar-refractivity contribution in [3.63, 3.8) is 0 Å². The molecule has 1 aromatic heterocycles. The minimum absolute atomic E-state index is 0.249. The molecule has 136 valence electrons. The summed E-state index contributed by atoms with van der Waals surface area (Å²) in [6.07, 6.45) is 0.943. The molecule has 0 radical (unpaired) electrons. The van der Waals surface area contributed by atoms with Gasteiger partial charge in [0, 0.05) is 10.9 Å². The van der Waals surface area contributed by atoms with Crippen molar-refractivity contribution >= 4 is 38.4 Å². The highest BCUT2D eigenvalue weighted by molar-refractivity contribution is 7.89. The maximum Gasteiger partial charge on any atom is 0.281 e. The van der Waals surface area contributed by atoms with E-state index >= 15 is 0 Å². The van der Waals surface area contributed by atoms with E-state index in [1.807, 2.05) is 41.1 Å². The van der Waals surface area contributed by atoms with Crippen LogP contribution in [0.15, 0.2) is 54.6 Å². The van der Waals surface area contributed by atoms with Gasteiger partial charge in [-0.2, -0.15) is 0 Å². The number of hydrogen-bond acceptors (Lipinski definition) is 4. The molecule has 0 fully saturated rings. The van der Waals surface area contributed by atoms with Gasteiger partial charge in [-0.1, -0.05) is 41.9 Å². The Morgan fingerprint density at radius 2 is 1.85 bits per heavy atom. The molecule has 26 heavy (non-hydrogen) atoms. The highest BCUT2D eigenvalue weighted by Gasteiger charge is 2.18. The number of benzene rings is 2. The van der Waals surface area contributed by atoms with Gasteiger partial charge in [0.2, 0.25) is 10.0 Å². The fraction of sp³-hybridized carbons (Fsp3) is 0.167. The molecule has 0 spiro atoms. The molecule has 0 aliphatic heterocycles. The van der Waals surface area contributed by atoms with E-state index in [0.29, 0.717) is 17.3 Å². The molecule has 0 aliphatic rings. The first kappa shape index (κ1) is 18.3. The smallest absolute Gasteiger partial charge is 0.281 e. The van der Waals surface area contributed by atoms with E-state index < -0.39 is 15.9 Å². The van der Waals surface area contributed by atoms with Crippen LogP contribution in [0.4, 0.5) is 0 Å². The van der Waals surface area contributed by atoms with Crippen LogP contribution >= 0.6 is 11.6 Å². The number of para-hydroxylation sites is 2. The summed E-state index contributed by atoms with van der Waals surface area (Å²) >= 11 is 6.07. The fourth-order valence-corrected chi connectivity index (χ4v) is 3.30. The number of hydrogen-bond donors (Lipinski definition) is 1. The molecule has 1 heterocycles. The zero-order valence-corrected chi connectivity index (χ0v) is 15.5. The highest BCUT2D eigenvalue weighted by Crippen LogP contribution is 2.24. The van der Waals surface area contributed by atoms with Gasteiger partial charge in [0.15, 0.2) is 0 Å². The summed E-state index contributed by atoms with van der Waals surface area (Å²) in [5, 5.41) is 1.34. The third-order valence-electron chi connectivity index (χ3n) is 3.73. The molecule has 3 aromatic rings. The first-order chi connectivity index (χ1) is 12.3. The van der Waals surface area contributed by atoms with Gasteiger partial charge in [0.1, 0.15) is 18.1 Å². The van der Waals surface area contributed by atoms with E-state index in [9.17, 15) is 13.2 Å². The maximum atomic E-state index is 12.4. The van der Waals surface area contributed by atoms with Crippen molar-refractivity contribution < 1.29 is 17.9 Å². The predicted octanol–water partition coefficient (Wildman–Crippen LogP) is 3.06. The van der Waals surface area contributed by atoms with Crippen molar-refractivity contribution in [2.45, 2.75) is 6.54 Å². The van der Waals surface area contributed by atoms with Crippen LogP contribution in [0.2, 0.25) is 5.02 Å². The number of nitrogens with zero attached hydrogens (tertiary/aromatic N) is 1. The molecule has 2 aromatic carbocycles. The van der Waals surface area contributed by atoms with E-state index in [0.717, 1.165) is 17.2 Å². The third-order valence-corrected chi connectivity index (χ3v) is 4.60. The van der Waals surface area contributed by atoms with Gasteiger partial charge in [0.25, 0.3) is 5.91 Å². The minimum Gasteiger partial charge on any atom is -0.490 e. The second kappa shape index (κ2) is 7.39. The minimum atomic E-state index is -3.66. The van der Waals surface area contributed by atoms with Gasteiger partial charge in [-0.3, -0.25) is 4.79 Å². The maximum absolute atomic E-state index is 12.4. The van der Waals surface area contributed by atoms with Crippen molar-refractivity contribution in [3.8, 4) is 5.75 Å². The fourth-order valence-electron chi connectivity index (χ4n) is 2.67. The number of fused-ring (bicyclic) bond motifs is 1. The lowest BCUT2D eigenvalue weighted by molar-refractivity contribution is 0.0972. The summed E-state index contributed by atoms with van der Waals surface area (Å²) in [5.41, 5.74) is 1.06. The Hall–Kier alpha value is -2.51. The zero-order chi connectivity index (χ0) is 18.7. The molecule has 6 nitrogen and oxygen atoms in total. The summed E-state index contributed by atoms with van der Waals surface area (Å²) in [4.78, 5) is 12.4. The Balaban J connectivity index is 1.87. The molecule has 8 heteroatoms. The lowest BCUT2D eigenvalue weighted by atomic mass is 10.2. The van der Waals surface area contributed by atoms with Gasteiger partial charge >= 0.3 is 0 Å². The zero-order valence-electron chi connectivity index (χ0n) is 14.0. The monoisotopic (exact) mass is 392 g/mol. The van der Waals surface area contributed by atoms with Crippen LogP contribution in [0.3, 0.4) is 0 Å². The average molecular weight is 393 g/mol. The molecule has 0 unspecified atom stereocenters. The molecular weight excluding hydrogens is 376 g/mol. The number of ether oxygens (including phenoxy) is 1. The number of carbonyl (C=O) groups is 1. The molecule has 1 N–H and O–H groups in total. The second-order valence-electron chi connectivity index (χ2n) is 5.72. The lowest BCUT2D eigenvalue weighted by Crippen LogP contribution is -2.31. The van der Waals surface area contributed by atoms with Crippen LogP contribution in [-0.2, 0) is 16.6 Å². The summed E-state index contributed by atoms with van der Waals surface area (Å²) in [6.45, 7) is 0.618. The summed E-state index contributed by atoms with van der Waals surface area (Å²) in [7, 11) is -3.66. The molecular formula is C18H17ClN2O4S.